The summed E-state index contributed by atoms with van der Waals surface area (Å²) < 4.78 is 4.75. The minimum atomic E-state index is -0.168. The first-order valence-electron chi connectivity index (χ1n) is 4.97. The van der Waals surface area contributed by atoms with Gasteiger partial charge in [0.2, 0.25) is 5.91 Å². The monoisotopic (exact) mass is 197 g/mol. The van der Waals surface area contributed by atoms with Crippen LogP contribution in [0.1, 0.15) is 19.3 Å². The lowest BCUT2D eigenvalue weighted by Gasteiger charge is -2.31. The van der Waals surface area contributed by atoms with Gasteiger partial charge in [-0.1, -0.05) is 0 Å². The Morgan fingerprint density at radius 2 is 2.21 bits per heavy atom. The Morgan fingerprint density at radius 1 is 1.50 bits per heavy atom. The molecule has 0 aromatic rings. The summed E-state index contributed by atoms with van der Waals surface area (Å²) in [5.41, 5.74) is 0. The maximum atomic E-state index is 11.5. The van der Waals surface area contributed by atoms with E-state index in [4.69, 9.17) is 4.74 Å². The van der Waals surface area contributed by atoms with Crippen molar-refractivity contribution in [2.24, 2.45) is 11.8 Å². The van der Waals surface area contributed by atoms with Gasteiger partial charge < -0.3 is 9.64 Å². The molecule has 0 radical (unpaired) electrons. The number of fused-ring (bicyclic) bond motifs is 2. The Balaban J connectivity index is 2.17. The van der Waals surface area contributed by atoms with Crippen LogP contribution in [0.3, 0.4) is 0 Å². The van der Waals surface area contributed by atoms with Crippen LogP contribution in [0.4, 0.5) is 0 Å². The first-order chi connectivity index (χ1) is 6.63. The van der Waals surface area contributed by atoms with Crippen LogP contribution >= 0.6 is 0 Å². The van der Waals surface area contributed by atoms with Gasteiger partial charge in [-0.3, -0.25) is 9.59 Å². The molecule has 1 aliphatic carbocycles. The second-order valence-electron chi connectivity index (χ2n) is 4.24. The van der Waals surface area contributed by atoms with E-state index in [0.717, 1.165) is 12.8 Å². The normalized spacial score (nSPS) is 36.0. The third-order valence-electron chi connectivity index (χ3n) is 3.48. The van der Waals surface area contributed by atoms with Crippen molar-refractivity contribution in [1.82, 2.24) is 4.90 Å². The zero-order valence-corrected chi connectivity index (χ0v) is 8.53. The molecule has 4 nitrogen and oxygen atoms in total. The molecule has 0 aromatic heterocycles. The summed E-state index contributed by atoms with van der Waals surface area (Å²) in [5, 5.41) is 0. The van der Waals surface area contributed by atoms with Gasteiger partial charge in [-0.25, -0.2) is 0 Å². The van der Waals surface area contributed by atoms with Gasteiger partial charge >= 0.3 is 5.97 Å². The third kappa shape index (κ3) is 1.29. The van der Waals surface area contributed by atoms with E-state index >= 15 is 0 Å². The highest BCUT2D eigenvalue weighted by Gasteiger charge is 2.46. The molecule has 4 heteroatoms. The Kier molecular flexibility index (Phi) is 2.21. The predicted molar refractivity (Wildman–Crippen MR) is 49.4 cm³/mol. The summed E-state index contributed by atoms with van der Waals surface area (Å²) in [5.74, 6) is 0.297. The van der Waals surface area contributed by atoms with Crippen molar-refractivity contribution in [2.45, 2.75) is 25.3 Å². The average Bonchev–Trinajstić information content (AvgIpc) is 2.54. The van der Waals surface area contributed by atoms with E-state index in [-0.39, 0.29) is 23.8 Å². The highest BCUT2D eigenvalue weighted by molar-refractivity contribution is 5.81. The van der Waals surface area contributed by atoms with E-state index in [1.807, 2.05) is 0 Å². The summed E-state index contributed by atoms with van der Waals surface area (Å²) in [6.07, 6.45) is 2.37. The molecule has 0 N–H and O–H groups in total. The predicted octanol–water partition coefficient (Wildman–Crippen LogP) is 0.416. The van der Waals surface area contributed by atoms with Crippen molar-refractivity contribution in [3.05, 3.63) is 0 Å². The number of likely N-dealkylation sites (tertiary alicyclic amines) is 1. The molecule has 1 saturated heterocycles. The van der Waals surface area contributed by atoms with Crippen LogP contribution in [0.15, 0.2) is 0 Å². The molecule has 1 amide bonds. The lowest BCUT2D eigenvalue weighted by atomic mass is 9.99. The smallest absolute Gasteiger partial charge is 0.310 e. The SMILES string of the molecule is COC(=O)[C@H]1C[C@H]2CC(=O)N(C)[C@H]1C2. The topological polar surface area (TPSA) is 46.6 Å². The number of amides is 1. The first kappa shape index (κ1) is 9.49. The molecule has 0 aromatic carbocycles. The van der Waals surface area contributed by atoms with Gasteiger partial charge in [0.15, 0.2) is 0 Å². The van der Waals surface area contributed by atoms with Gasteiger partial charge in [0.25, 0.3) is 0 Å². The number of hydrogen-bond donors (Lipinski definition) is 0. The van der Waals surface area contributed by atoms with Gasteiger partial charge in [-0.2, -0.15) is 0 Å². The first-order valence-corrected chi connectivity index (χ1v) is 4.97. The van der Waals surface area contributed by atoms with Crippen LogP contribution in [-0.4, -0.2) is 37.0 Å². The fourth-order valence-corrected chi connectivity index (χ4v) is 2.69. The number of ether oxygens (including phenoxy) is 1. The van der Waals surface area contributed by atoms with Crippen molar-refractivity contribution >= 4 is 11.9 Å². The zero-order chi connectivity index (χ0) is 10.3. The van der Waals surface area contributed by atoms with E-state index in [1.165, 1.54) is 7.11 Å². The molecule has 2 fully saturated rings. The number of carbonyl (C=O) groups excluding carboxylic acids is 2. The van der Waals surface area contributed by atoms with Crippen LogP contribution < -0.4 is 0 Å². The summed E-state index contributed by atoms with van der Waals surface area (Å²) in [7, 11) is 3.19. The third-order valence-corrected chi connectivity index (χ3v) is 3.48. The summed E-state index contributed by atoms with van der Waals surface area (Å²) in [4.78, 5) is 24.6. The molecular weight excluding hydrogens is 182 g/mol. The largest absolute Gasteiger partial charge is 0.469 e. The number of piperidine rings is 1. The van der Waals surface area contributed by atoms with E-state index < -0.39 is 0 Å². The van der Waals surface area contributed by atoms with Crippen molar-refractivity contribution in [3.8, 4) is 0 Å². The van der Waals surface area contributed by atoms with Crippen molar-refractivity contribution in [2.75, 3.05) is 14.2 Å². The molecule has 78 valence electrons. The molecule has 14 heavy (non-hydrogen) atoms. The number of methoxy groups -OCH3 is 1. The fourth-order valence-electron chi connectivity index (χ4n) is 2.69. The average molecular weight is 197 g/mol. The van der Waals surface area contributed by atoms with Gasteiger partial charge in [-0.05, 0) is 18.8 Å². The van der Waals surface area contributed by atoms with E-state index in [2.05, 4.69) is 0 Å². The van der Waals surface area contributed by atoms with Crippen LogP contribution in [0, 0.1) is 11.8 Å². The highest BCUT2D eigenvalue weighted by Crippen LogP contribution is 2.41. The van der Waals surface area contributed by atoms with Crippen LogP contribution in [0.2, 0.25) is 0 Å². The second-order valence-corrected chi connectivity index (χ2v) is 4.24. The number of esters is 1. The standard InChI is InChI=1S/C10H15NO3/c1-11-8-4-6(5-9(11)12)3-7(8)10(13)14-2/h6-8H,3-5H2,1-2H3/t6-,7+,8+/m1/s1. The van der Waals surface area contributed by atoms with Crippen LogP contribution in [0.5, 0.6) is 0 Å². The molecular formula is C10H15NO3. The number of carbonyl (C=O) groups is 2. The molecule has 2 rings (SSSR count). The van der Waals surface area contributed by atoms with Crippen molar-refractivity contribution in [1.29, 1.82) is 0 Å². The molecule has 2 aliphatic rings. The minimum Gasteiger partial charge on any atom is -0.469 e. The molecule has 0 unspecified atom stereocenters. The lowest BCUT2D eigenvalue weighted by Crippen LogP contribution is -2.43. The van der Waals surface area contributed by atoms with E-state index in [0.29, 0.717) is 12.3 Å². The van der Waals surface area contributed by atoms with Crippen LogP contribution in [-0.2, 0) is 14.3 Å². The van der Waals surface area contributed by atoms with Crippen LogP contribution in [0.25, 0.3) is 0 Å². The summed E-state index contributed by atoms with van der Waals surface area (Å²) in [6.45, 7) is 0. The van der Waals surface area contributed by atoms with Gasteiger partial charge in [0.1, 0.15) is 0 Å². The molecule has 3 atom stereocenters. The number of nitrogens with zero attached hydrogens (tertiary/aromatic N) is 1. The van der Waals surface area contributed by atoms with Gasteiger partial charge in [0, 0.05) is 19.5 Å². The second kappa shape index (κ2) is 3.26. The summed E-state index contributed by atoms with van der Waals surface area (Å²) in [6, 6.07) is 0.0775. The quantitative estimate of drug-likeness (QED) is 0.572. The maximum Gasteiger partial charge on any atom is 0.310 e. The van der Waals surface area contributed by atoms with Crippen molar-refractivity contribution in [3.63, 3.8) is 0 Å². The Morgan fingerprint density at radius 3 is 2.86 bits per heavy atom. The zero-order valence-electron chi connectivity index (χ0n) is 8.53. The molecule has 1 aliphatic heterocycles. The highest BCUT2D eigenvalue weighted by atomic mass is 16.5. The van der Waals surface area contributed by atoms with Gasteiger partial charge in [-0.15, -0.1) is 0 Å². The van der Waals surface area contributed by atoms with E-state index in [1.54, 1.807) is 11.9 Å². The van der Waals surface area contributed by atoms with Crippen molar-refractivity contribution < 1.29 is 14.3 Å². The number of rotatable bonds is 1. The minimum absolute atomic E-state index is 0.0775. The molecule has 1 heterocycles. The Bertz CT molecular complexity index is 277. The lowest BCUT2D eigenvalue weighted by molar-refractivity contribution is -0.148. The fraction of sp³-hybridized carbons (Fsp3) is 0.800. The summed E-state index contributed by atoms with van der Waals surface area (Å²) >= 11 is 0. The molecule has 0 spiro atoms. The van der Waals surface area contributed by atoms with Gasteiger partial charge in [0.05, 0.1) is 13.0 Å². The maximum absolute atomic E-state index is 11.5. The molecule has 2 bridgehead atoms. The Hall–Kier alpha value is -1.06. The Labute approximate surface area is 83.2 Å². The number of hydrogen-bond acceptors (Lipinski definition) is 3. The molecule has 1 saturated carbocycles. The van der Waals surface area contributed by atoms with E-state index in [9.17, 15) is 9.59 Å².